The molecule has 0 aliphatic rings. The second-order valence-electron chi connectivity index (χ2n) is 4.18. The quantitative estimate of drug-likeness (QED) is 0.778. The van der Waals surface area contributed by atoms with E-state index in [0.717, 1.165) is 17.1 Å². The van der Waals surface area contributed by atoms with Gasteiger partial charge < -0.3 is 9.15 Å². The van der Waals surface area contributed by atoms with Crippen molar-refractivity contribution in [1.29, 1.82) is 0 Å². The van der Waals surface area contributed by atoms with Crippen LogP contribution in [-0.4, -0.2) is 15.7 Å². The summed E-state index contributed by atoms with van der Waals surface area (Å²) < 4.78 is 12.2. The van der Waals surface area contributed by atoms with E-state index >= 15 is 0 Å². The Morgan fingerprint density at radius 3 is 2.83 bits per heavy atom. The molecule has 96 valence electrons. The number of furan rings is 1. The summed E-state index contributed by atoms with van der Waals surface area (Å²) in [6, 6.07) is 3.64. The van der Waals surface area contributed by atoms with E-state index in [0.29, 0.717) is 18.6 Å². The van der Waals surface area contributed by atoms with Crippen LogP contribution in [0.25, 0.3) is 0 Å². The minimum absolute atomic E-state index is 0.273. The summed E-state index contributed by atoms with van der Waals surface area (Å²) in [5.74, 6) is 1.07. The number of carbonyl (C=O) groups is 1. The van der Waals surface area contributed by atoms with Crippen LogP contribution in [0.15, 0.2) is 22.8 Å². The molecule has 18 heavy (non-hydrogen) atoms. The van der Waals surface area contributed by atoms with Crippen LogP contribution in [0, 0.1) is 13.8 Å². The zero-order valence-corrected chi connectivity index (χ0v) is 10.8. The monoisotopic (exact) mass is 248 g/mol. The third kappa shape index (κ3) is 2.61. The lowest BCUT2D eigenvalue weighted by Gasteiger charge is -2.03. The fraction of sp³-hybridized carbons (Fsp3) is 0.385. The number of nitrogens with zero attached hydrogens (tertiary/aromatic N) is 2. The molecular weight excluding hydrogens is 232 g/mol. The molecule has 0 radical (unpaired) electrons. The van der Waals surface area contributed by atoms with Crippen molar-refractivity contribution in [1.82, 2.24) is 9.78 Å². The van der Waals surface area contributed by atoms with Gasteiger partial charge in [0.15, 0.2) is 5.75 Å². The summed E-state index contributed by atoms with van der Waals surface area (Å²) in [5, 5.41) is 4.19. The Morgan fingerprint density at radius 2 is 2.28 bits per heavy atom. The summed E-state index contributed by atoms with van der Waals surface area (Å²) in [4.78, 5) is 11.7. The predicted octanol–water partition coefficient (Wildman–Crippen LogP) is 2.17. The van der Waals surface area contributed by atoms with Crippen LogP contribution in [0.3, 0.4) is 0 Å². The molecule has 0 amide bonds. The topological polar surface area (TPSA) is 57.3 Å². The number of carbonyl (C=O) groups excluding carboxylic acids is 1. The molecule has 5 nitrogen and oxygen atoms in total. The molecular formula is C13H16N2O3. The highest BCUT2D eigenvalue weighted by atomic mass is 16.5. The van der Waals surface area contributed by atoms with Gasteiger partial charge in [-0.3, -0.25) is 9.48 Å². The van der Waals surface area contributed by atoms with Crippen LogP contribution in [-0.2, 0) is 18.3 Å². The van der Waals surface area contributed by atoms with E-state index in [-0.39, 0.29) is 5.97 Å². The number of ether oxygens (including phenoxy) is 1. The first-order valence-electron chi connectivity index (χ1n) is 5.81. The SMILES string of the molecule is Cc1nn(C)c(C)c1OC(=O)CCc1ccco1. The van der Waals surface area contributed by atoms with Crippen molar-refractivity contribution >= 4 is 5.97 Å². The normalized spacial score (nSPS) is 10.6. The Bertz CT molecular complexity index is 541. The Morgan fingerprint density at radius 1 is 1.50 bits per heavy atom. The molecule has 0 spiro atoms. The molecule has 2 aromatic heterocycles. The summed E-state index contributed by atoms with van der Waals surface area (Å²) in [7, 11) is 1.82. The van der Waals surface area contributed by atoms with Gasteiger partial charge in [0.1, 0.15) is 11.5 Å². The van der Waals surface area contributed by atoms with Gasteiger partial charge in [-0.05, 0) is 26.0 Å². The first-order valence-corrected chi connectivity index (χ1v) is 5.81. The third-order valence-electron chi connectivity index (χ3n) is 2.81. The number of aryl methyl sites for hydroxylation is 3. The van der Waals surface area contributed by atoms with Crippen LogP contribution in [0.4, 0.5) is 0 Å². The molecule has 0 atom stereocenters. The van der Waals surface area contributed by atoms with E-state index in [4.69, 9.17) is 9.15 Å². The molecule has 0 fully saturated rings. The fourth-order valence-electron chi connectivity index (χ4n) is 1.75. The van der Waals surface area contributed by atoms with Crippen LogP contribution in [0.2, 0.25) is 0 Å². The molecule has 2 aromatic rings. The largest absolute Gasteiger partial charge is 0.469 e. The predicted molar refractivity (Wildman–Crippen MR) is 65.3 cm³/mol. The maximum atomic E-state index is 11.7. The minimum atomic E-state index is -0.273. The molecule has 0 aliphatic carbocycles. The van der Waals surface area contributed by atoms with Crippen molar-refractivity contribution in [3.63, 3.8) is 0 Å². The van der Waals surface area contributed by atoms with Gasteiger partial charge in [-0.15, -0.1) is 0 Å². The molecule has 0 saturated carbocycles. The van der Waals surface area contributed by atoms with E-state index < -0.39 is 0 Å². The first-order chi connectivity index (χ1) is 8.58. The Hall–Kier alpha value is -2.04. The van der Waals surface area contributed by atoms with Gasteiger partial charge in [-0.1, -0.05) is 0 Å². The van der Waals surface area contributed by atoms with Crippen LogP contribution < -0.4 is 4.74 Å². The molecule has 2 heterocycles. The molecule has 0 aromatic carbocycles. The highest BCUT2D eigenvalue weighted by Gasteiger charge is 2.15. The van der Waals surface area contributed by atoms with Crippen LogP contribution in [0.5, 0.6) is 5.75 Å². The number of esters is 1. The van der Waals surface area contributed by atoms with E-state index in [1.165, 1.54) is 0 Å². The molecule has 0 N–H and O–H groups in total. The number of hydrogen-bond donors (Lipinski definition) is 0. The smallest absolute Gasteiger partial charge is 0.311 e. The summed E-state index contributed by atoms with van der Waals surface area (Å²) >= 11 is 0. The van der Waals surface area contributed by atoms with E-state index in [1.54, 1.807) is 17.0 Å². The Balaban J connectivity index is 1.95. The lowest BCUT2D eigenvalue weighted by molar-refractivity contribution is -0.134. The van der Waals surface area contributed by atoms with Gasteiger partial charge in [0, 0.05) is 13.5 Å². The first kappa shape index (κ1) is 12.4. The van der Waals surface area contributed by atoms with Gasteiger partial charge >= 0.3 is 5.97 Å². The Labute approximate surface area is 105 Å². The van der Waals surface area contributed by atoms with Gasteiger partial charge in [0.05, 0.1) is 18.4 Å². The zero-order chi connectivity index (χ0) is 13.1. The van der Waals surface area contributed by atoms with Gasteiger partial charge in [0.2, 0.25) is 0 Å². The standard InChI is InChI=1S/C13H16N2O3/c1-9-13(10(2)15(3)14-9)18-12(16)7-6-11-5-4-8-17-11/h4-5,8H,6-7H2,1-3H3. The highest BCUT2D eigenvalue weighted by Crippen LogP contribution is 2.22. The van der Waals surface area contributed by atoms with Crippen LogP contribution >= 0.6 is 0 Å². The average molecular weight is 248 g/mol. The molecule has 2 rings (SSSR count). The van der Waals surface area contributed by atoms with Gasteiger partial charge in [-0.25, -0.2) is 0 Å². The van der Waals surface area contributed by atoms with Crippen LogP contribution in [0.1, 0.15) is 23.6 Å². The molecule has 5 heteroatoms. The summed E-state index contributed by atoms with van der Waals surface area (Å²) in [6.45, 7) is 3.69. The average Bonchev–Trinajstić information content (AvgIpc) is 2.92. The maximum Gasteiger partial charge on any atom is 0.311 e. The molecule has 0 bridgehead atoms. The van der Waals surface area contributed by atoms with E-state index in [2.05, 4.69) is 5.10 Å². The minimum Gasteiger partial charge on any atom is -0.469 e. The highest BCUT2D eigenvalue weighted by molar-refractivity contribution is 5.73. The van der Waals surface area contributed by atoms with Gasteiger partial charge in [0.25, 0.3) is 0 Å². The van der Waals surface area contributed by atoms with Crippen molar-refractivity contribution in [2.24, 2.45) is 7.05 Å². The zero-order valence-electron chi connectivity index (χ0n) is 10.8. The van der Waals surface area contributed by atoms with Crippen molar-refractivity contribution in [3.05, 3.63) is 35.5 Å². The van der Waals surface area contributed by atoms with E-state index in [9.17, 15) is 4.79 Å². The van der Waals surface area contributed by atoms with Gasteiger partial charge in [-0.2, -0.15) is 5.10 Å². The summed E-state index contributed by atoms with van der Waals surface area (Å²) in [6.07, 6.45) is 2.43. The second-order valence-corrected chi connectivity index (χ2v) is 4.18. The number of aromatic nitrogens is 2. The number of rotatable bonds is 4. The van der Waals surface area contributed by atoms with Crippen molar-refractivity contribution in [3.8, 4) is 5.75 Å². The summed E-state index contributed by atoms with van der Waals surface area (Å²) in [5.41, 5.74) is 1.57. The lowest BCUT2D eigenvalue weighted by atomic mass is 10.2. The Kier molecular flexibility index (Phi) is 3.50. The van der Waals surface area contributed by atoms with Crippen molar-refractivity contribution in [2.75, 3.05) is 0 Å². The van der Waals surface area contributed by atoms with Crippen molar-refractivity contribution < 1.29 is 13.9 Å². The molecule has 0 saturated heterocycles. The maximum absolute atomic E-state index is 11.7. The lowest BCUT2D eigenvalue weighted by Crippen LogP contribution is -2.10. The third-order valence-corrected chi connectivity index (χ3v) is 2.81. The molecule has 0 unspecified atom stereocenters. The fourth-order valence-corrected chi connectivity index (χ4v) is 1.75. The van der Waals surface area contributed by atoms with Crippen molar-refractivity contribution in [2.45, 2.75) is 26.7 Å². The molecule has 0 aliphatic heterocycles. The second kappa shape index (κ2) is 5.08. The number of hydrogen-bond acceptors (Lipinski definition) is 4. The van der Waals surface area contributed by atoms with E-state index in [1.807, 2.05) is 27.0 Å².